The molecule has 0 saturated carbocycles. The average molecular weight is 644 g/mol. The lowest BCUT2D eigenvalue weighted by atomic mass is 9.82. The van der Waals surface area contributed by atoms with Gasteiger partial charge in [0.2, 0.25) is 0 Å². The first kappa shape index (κ1) is 31.7. The van der Waals surface area contributed by atoms with Crippen LogP contribution in [0.25, 0.3) is 0 Å². The number of benzene rings is 4. The molecule has 0 radical (unpaired) electrons. The van der Waals surface area contributed by atoms with Crippen molar-refractivity contribution < 1.29 is 23.9 Å². The van der Waals surface area contributed by atoms with Gasteiger partial charge in [0.1, 0.15) is 11.0 Å². The van der Waals surface area contributed by atoms with E-state index in [1.807, 2.05) is 19.1 Å². The number of methoxy groups -OCH3 is 1. The molecular formula is C38H33N3O5S. The van der Waals surface area contributed by atoms with Crippen LogP contribution < -0.4 is 9.80 Å². The van der Waals surface area contributed by atoms with Crippen molar-refractivity contribution in [3.8, 4) is 0 Å². The number of anilines is 2. The number of unbranched alkanes of at least 4 members (excludes halogenated alkanes) is 1. The van der Waals surface area contributed by atoms with Crippen LogP contribution in [0.4, 0.5) is 11.4 Å². The Balaban J connectivity index is 1.74. The molecule has 4 aromatic rings. The molecule has 0 aromatic heterocycles. The Hall–Kier alpha value is -5.28. The summed E-state index contributed by atoms with van der Waals surface area (Å²) in [5.74, 6) is -3.12. The second kappa shape index (κ2) is 13.6. The number of carbonyl (C=O) groups is 4. The van der Waals surface area contributed by atoms with Crippen molar-refractivity contribution in [1.29, 1.82) is 0 Å². The van der Waals surface area contributed by atoms with Gasteiger partial charge in [0.15, 0.2) is 11.4 Å². The molecule has 0 aliphatic carbocycles. The lowest BCUT2D eigenvalue weighted by Crippen LogP contribution is -2.68. The predicted molar refractivity (Wildman–Crippen MR) is 185 cm³/mol. The Bertz CT molecular complexity index is 1800. The third kappa shape index (κ3) is 5.57. The predicted octanol–water partition coefficient (Wildman–Crippen LogP) is 7.19. The fourth-order valence-corrected chi connectivity index (χ4v) is 7.51. The van der Waals surface area contributed by atoms with Gasteiger partial charge in [-0.25, -0.2) is 4.79 Å². The van der Waals surface area contributed by atoms with Crippen molar-refractivity contribution in [2.45, 2.75) is 25.4 Å². The molecule has 236 valence electrons. The van der Waals surface area contributed by atoms with E-state index in [0.29, 0.717) is 44.6 Å². The van der Waals surface area contributed by atoms with Crippen LogP contribution in [0.1, 0.15) is 50.8 Å². The van der Waals surface area contributed by atoms with E-state index in [-0.39, 0.29) is 5.78 Å². The lowest BCUT2D eigenvalue weighted by Gasteiger charge is -2.44. The molecule has 1 atom stereocenters. The Morgan fingerprint density at radius 3 is 1.68 bits per heavy atom. The van der Waals surface area contributed by atoms with Gasteiger partial charge in [-0.1, -0.05) is 104 Å². The maximum Gasteiger partial charge on any atom is 0.331 e. The first-order chi connectivity index (χ1) is 22.9. The van der Waals surface area contributed by atoms with Gasteiger partial charge in [-0.3, -0.25) is 29.2 Å². The summed E-state index contributed by atoms with van der Waals surface area (Å²) in [5, 5.41) is 0.361. The van der Waals surface area contributed by atoms with Crippen molar-refractivity contribution in [2.24, 2.45) is 10.9 Å². The summed E-state index contributed by atoms with van der Waals surface area (Å²) in [6.45, 7) is 2.43. The number of hydrogen-bond acceptors (Lipinski definition) is 7. The molecule has 0 bridgehead atoms. The molecule has 9 heteroatoms. The third-order valence-corrected chi connectivity index (χ3v) is 9.47. The number of fused-ring (bicyclic) bond motifs is 1. The molecule has 2 amide bonds. The molecule has 2 aliphatic heterocycles. The molecule has 6 rings (SSSR count). The minimum Gasteiger partial charge on any atom is -0.466 e. The van der Waals surface area contributed by atoms with Crippen LogP contribution in [0.15, 0.2) is 131 Å². The highest BCUT2D eigenvalue weighted by Crippen LogP contribution is 2.60. The highest BCUT2D eigenvalue weighted by molar-refractivity contribution is 8.18. The molecule has 0 N–H and O–H groups in total. The largest absolute Gasteiger partial charge is 0.466 e. The summed E-state index contributed by atoms with van der Waals surface area (Å²) in [6, 6.07) is 33.4. The van der Waals surface area contributed by atoms with E-state index in [1.165, 1.54) is 13.2 Å². The van der Waals surface area contributed by atoms with Crippen LogP contribution in [0.3, 0.4) is 0 Å². The summed E-state index contributed by atoms with van der Waals surface area (Å²) in [6.07, 6.45) is 2.87. The number of ether oxygens (including phenoxy) is 1. The maximum atomic E-state index is 15.0. The van der Waals surface area contributed by atoms with E-state index in [1.54, 1.807) is 113 Å². The summed E-state index contributed by atoms with van der Waals surface area (Å²) < 4.78 is 5.04. The van der Waals surface area contributed by atoms with Crippen LogP contribution in [-0.4, -0.2) is 47.9 Å². The van der Waals surface area contributed by atoms with Crippen LogP contribution in [0, 0.1) is 5.92 Å². The molecule has 2 heterocycles. The molecule has 1 spiro atoms. The normalized spacial score (nSPS) is 18.0. The SMILES string of the molecule is CCCCN=C1S/C(=C\C(=O)OC)C(C(=O)c2ccccc2)C12N(C(=O)c1ccccc1)c1ccccc1N2C(=O)c1ccccc1. The zero-order valence-electron chi connectivity index (χ0n) is 26.0. The van der Waals surface area contributed by atoms with Crippen LogP contribution in [0.5, 0.6) is 0 Å². The van der Waals surface area contributed by atoms with Gasteiger partial charge in [0, 0.05) is 34.2 Å². The summed E-state index contributed by atoms with van der Waals surface area (Å²) >= 11 is 1.14. The number of rotatable bonds is 8. The monoisotopic (exact) mass is 643 g/mol. The molecule has 1 fully saturated rings. The molecule has 47 heavy (non-hydrogen) atoms. The number of esters is 1. The number of hydrogen-bond donors (Lipinski definition) is 0. The smallest absolute Gasteiger partial charge is 0.331 e. The minimum atomic E-state index is -1.80. The number of ketones is 1. The highest BCUT2D eigenvalue weighted by Gasteiger charge is 2.68. The van der Waals surface area contributed by atoms with Crippen LogP contribution >= 0.6 is 11.8 Å². The molecule has 8 nitrogen and oxygen atoms in total. The number of para-hydroxylation sites is 2. The van der Waals surface area contributed by atoms with Crippen LogP contribution in [0.2, 0.25) is 0 Å². The zero-order valence-corrected chi connectivity index (χ0v) is 26.9. The van der Waals surface area contributed by atoms with Gasteiger partial charge >= 0.3 is 5.97 Å². The van der Waals surface area contributed by atoms with Crippen LogP contribution in [-0.2, 0) is 9.53 Å². The van der Waals surface area contributed by atoms with E-state index in [0.717, 1.165) is 24.6 Å². The Morgan fingerprint density at radius 1 is 0.745 bits per heavy atom. The van der Waals surface area contributed by atoms with E-state index >= 15 is 0 Å². The van der Waals surface area contributed by atoms with Gasteiger partial charge in [-0.15, -0.1) is 0 Å². The van der Waals surface area contributed by atoms with Gasteiger partial charge in [0.05, 0.1) is 18.5 Å². The third-order valence-electron chi connectivity index (χ3n) is 8.26. The second-order valence-electron chi connectivity index (χ2n) is 11.1. The molecule has 1 unspecified atom stereocenters. The Morgan fingerprint density at radius 2 is 1.21 bits per heavy atom. The number of aliphatic imine (C=N–C) groups is 1. The van der Waals surface area contributed by atoms with Gasteiger partial charge in [0.25, 0.3) is 11.8 Å². The number of thioether (sulfide) groups is 1. The molecule has 2 aliphatic rings. The van der Waals surface area contributed by atoms with E-state index in [4.69, 9.17) is 9.73 Å². The Kier molecular flexibility index (Phi) is 9.17. The number of Topliss-reactive ketones (excluding diaryl/α,β-unsaturated/α-hetero) is 1. The molecular weight excluding hydrogens is 611 g/mol. The first-order valence-electron chi connectivity index (χ1n) is 15.4. The van der Waals surface area contributed by atoms with Gasteiger partial charge in [-0.05, 0) is 42.8 Å². The highest BCUT2D eigenvalue weighted by atomic mass is 32.2. The number of carbonyl (C=O) groups excluding carboxylic acids is 4. The minimum absolute atomic E-state index is 0.325. The maximum absolute atomic E-state index is 15.0. The molecule has 1 saturated heterocycles. The molecule has 4 aromatic carbocycles. The van der Waals surface area contributed by atoms with E-state index < -0.39 is 29.4 Å². The summed E-state index contributed by atoms with van der Waals surface area (Å²) in [4.78, 5) is 66.2. The van der Waals surface area contributed by atoms with E-state index in [2.05, 4.69) is 0 Å². The zero-order chi connectivity index (χ0) is 33.0. The average Bonchev–Trinajstić information content (AvgIpc) is 3.59. The Labute approximate surface area is 277 Å². The van der Waals surface area contributed by atoms with Gasteiger partial charge in [-0.2, -0.15) is 0 Å². The van der Waals surface area contributed by atoms with Gasteiger partial charge < -0.3 is 4.74 Å². The second-order valence-corrected chi connectivity index (χ2v) is 12.2. The number of nitrogens with zero attached hydrogens (tertiary/aromatic N) is 3. The topological polar surface area (TPSA) is 96.3 Å². The van der Waals surface area contributed by atoms with Crippen molar-refractivity contribution in [1.82, 2.24) is 0 Å². The quantitative estimate of drug-likeness (QED) is 0.0873. The van der Waals surface area contributed by atoms with Crippen molar-refractivity contribution >= 4 is 51.7 Å². The summed E-state index contributed by atoms with van der Waals surface area (Å²) in [5.41, 5.74) is 0.182. The fourth-order valence-electron chi connectivity index (χ4n) is 6.13. The standard InChI is InChI=1S/C38H33N3O5S/c1-3-4-24-39-37-38(33(31(47-37)25-32(42)46-2)34(43)26-16-8-5-9-17-26)40(35(44)27-18-10-6-11-19-27)29-22-14-15-23-30(29)41(38)36(45)28-20-12-7-13-21-28/h5-23,25,33H,3-4,24H2,1-2H3/b31-25-,39-37?. The number of amides is 2. The van der Waals surface area contributed by atoms with E-state index in [9.17, 15) is 19.2 Å². The summed E-state index contributed by atoms with van der Waals surface area (Å²) in [7, 11) is 1.26. The first-order valence-corrected chi connectivity index (χ1v) is 16.2. The lowest BCUT2D eigenvalue weighted by molar-refractivity contribution is -0.134. The van der Waals surface area contributed by atoms with Crippen molar-refractivity contribution in [3.05, 3.63) is 143 Å². The van der Waals surface area contributed by atoms with Crippen molar-refractivity contribution in [3.63, 3.8) is 0 Å². The fraction of sp³-hybridized carbons (Fsp3) is 0.184. The van der Waals surface area contributed by atoms with Crippen molar-refractivity contribution in [2.75, 3.05) is 23.5 Å².